The maximum Gasteiger partial charge on any atom is 0.123 e. The zero-order valence-corrected chi connectivity index (χ0v) is 14.2. The molecule has 0 fully saturated rings. The van der Waals surface area contributed by atoms with Crippen LogP contribution in [0.2, 0.25) is 0 Å². The molecule has 0 aliphatic rings. The molecule has 2 aromatic rings. The third-order valence-corrected chi connectivity index (χ3v) is 3.64. The van der Waals surface area contributed by atoms with Crippen molar-refractivity contribution in [2.75, 3.05) is 6.54 Å². The third-order valence-electron chi connectivity index (χ3n) is 3.12. The fourth-order valence-electron chi connectivity index (χ4n) is 1.98. The van der Waals surface area contributed by atoms with Crippen LogP contribution in [-0.2, 0) is 24.5 Å². The maximum atomic E-state index is 5.77. The standard InChI is InChI=1S/C17H22BrNO2/c1-13(2)9-19-10-17-15(7-8-21-17)12-20-11-14-3-5-16(18)6-4-14/h3-8,13,19H,9-12H2,1-2H3. The van der Waals surface area contributed by atoms with Crippen molar-refractivity contribution in [1.29, 1.82) is 0 Å². The van der Waals surface area contributed by atoms with Gasteiger partial charge in [-0.05, 0) is 36.2 Å². The van der Waals surface area contributed by atoms with Crippen LogP contribution >= 0.6 is 15.9 Å². The van der Waals surface area contributed by atoms with Crippen LogP contribution in [0.25, 0.3) is 0 Å². The highest BCUT2D eigenvalue weighted by atomic mass is 79.9. The van der Waals surface area contributed by atoms with Crippen molar-refractivity contribution in [3.8, 4) is 0 Å². The molecule has 1 N–H and O–H groups in total. The molecule has 0 atom stereocenters. The molecule has 0 saturated carbocycles. The number of hydrogen-bond donors (Lipinski definition) is 1. The van der Waals surface area contributed by atoms with E-state index >= 15 is 0 Å². The fourth-order valence-corrected chi connectivity index (χ4v) is 2.25. The summed E-state index contributed by atoms with van der Waals surface area (Å²) in [6, 6.07) is 10.2. The smallest absolute Gasteiger partial charge is 0.123 e. The Morgan fingerprint density at radius 2 is 1.90 bits per heavy atom. The molecular weight excluding hydrogens is 330 g/mol. The number of ether oxygens (including phenoxy) is 1. The first-order valence-electron chi connectivity index (χ1n) is 7.23. The van der Waals surface area contributed by atoms with E-state index in [1.54, 1.807) is 6.26 Å². The molecule has 0 aliphatic carbocycles. The molecule has 114 valence electrons. The normalized spacial score (nSPS) is 11.2. The van der Waals surface area contributed by atoms with E-state index in [1.807, 2.05) is 18.2 Å². The average molecular weight is 352 g/mol. The highest BCUT2D eigenvalue weighted by Crippen LogP contribution is 2.15. The Labute approximate surface area is 134 Å². The van der Waals surface area contributed by atoms with Crippen LogP contribution in [0.3, 0.4) is 0 Å². The van der Waals surface area contributed by atoms with E-state index in [2.05, 4.69) is 47.2 Å². The summed E-state index contributed by atoms with van der Waals surface area (Å²) in [5.41, 5.74) is 2.28. The molecule has 1 heterocycles. The first kappa shape index (κ1) is 16.3. The van der Waals surface area contributed by atoms with E-state index in [0.29, 0.717) is 19.1 Å². The van der Waals surface area contributed by atoms with Gasteiger partial charge >= 0.3 is 0 Å². The van der Waals surface area contributed by atoms with Crippen molar-refractivity contribution < 1.29 is 9.15 Å². The third kappa shape index (κ3) is 5.65. The summed E-state index contributed by atoms with van der Waals surface area (Å²) in [4.78, 5) is 0. The molecule has 0 unspecified atom stereocenters. The van der Waals surface area contributed by atoms with Crippen molar-refractivity contribution >= 4 is 15.9 Å². The van der Waals surface area contributed by atoms with E-state index in [0.717, 1.165) is 28.9 Å². The van der Waals surface area contributed by atoms with Crippen molar-refractivity contribution in [3.05, 3.63) is 58.0 Å². The molecule has 3 nitrogen and oxygen atoms in total. The monoisotopic (exact) mass is 351 g/mol. The summed E-state index contributed by atoms with van der Waals surface area (Å²) in [5, 5.41) is 3.39. The minimum Gasteiger partial charge on any atom is -0.468 e. The molecule has 0 radical (unpaired) electrons. The van der Waals surface area contributed by atoms with Crippen molar-refractivity contribution in [1.82, 2.24) is 5.32 Å². The van der Waals surface area contributed by atoms with E-state index in [9.17, 15) is 0 Å². The number of furan rings is 1. The molecule has 0 spiro atoms. The molecule has 0 bridgehead atoms. The SMILES string of the molecule is CC(C)CNCc1occc1COCc1ccc(Br)cc1. The number of halogens is 1. The van der Waals surface area contributed by atoms with Gasteiger partial charge in [-0.3, -0.25) is 0 Å². The largest absolute Gasteiger partial charge is 0.468 e. The number of hydrogen-bond acceptors (Lipinski definition) is 3. The zero-order valence-electron chi connectivity index (χ0n) is 12.6. The second-order valence-electron chi connectivity index (χ2n) is 5.51. The summed E-state index contributed by atoms with van der Waals surface area (Å²) in [7, 11) is 0. The zero-order chi connectivity index (χ0) is 15.1. The lowest BCUT2D eigenvalue weighted by molar-refractivity contribution is 0.106. The second-order valence-corrected chi connectivity index (χ2v) is 6.43. The highest BCUT2D eigenvalue weighted by molar-refractivity contribution is 9.10. The Balaban J connectivity index is 1.78. The quantitative estimate of drug-likeness (QED) is 0.759. The van der Waals surface area contributed by atoms with Crippen LogP contribution in [-0.4, -0.2) is 6.54 Å². The molecule has 4 heteroatoms. The molecule has 0 aliphatic heterocycles. The highest BCUT2D eigenvalue weighted by Gasteiger charge is 2.06. The van der Waals surface area contributed by atoms with Crippen LogP contribution < -0.4 is 5.32 Å². The second kappa shape index (κ2) is 8.37. The molecule has 21 heavy (non-hydrogen) atoms. The van der Waals surface area contributed by atoms with Crippen molar-refractivity contribution in [2.24, 2.45) is 5.92 Å². The van der Waals surface area contributed by atoms with Crippen molar-refractivity contribution in [3.63, 3.8) is 0 Å². The molecule has 1 aromatic heterocycles. The Kier molecular flexibility index (Phi) is 6.49. The van der Waals surface area contributed by atoms with Gasteiger partial charge in [0.2, 0.25) is 0 Å². The minimum absolute atomic E-state index is 0.575. The first-order chi connectivity index (χ1) is 10.1. The van der Waals surface area contributed by atoms with E-state index < -0.39 is 0 Å². The van der Waals surface area contributed by atoms with Gasteiger partial charge < -0.3 is 14.5 Å². The Morgan fingerprint density at radius 3 is 2.62 bits per heavy atom. The summed E-state index contributed by atoms with van der Waals surface area (Å²) in [5.74, 6) is 1.60. The number of nitrogens with one attached hydrogen (secondary N) is 1. The molecule has 0 amide bonds. The Hall–Kier alpha value is -1.10. The van der Waals surface area contributed by atoms with Crippen LogP contribution in [0, 0.1) is 5.92 Å². The Bertz CT molecular complexity index is 534. The fraction of sp³-hybridized carbons (Fsp3) is 0.412. The van der Waals surface area contributed by atoms with Crippen LogP contribution in [0.4, 0.5) is 0 Å². The number of rotatable bonds is 8. The van der Waals surface area contributed by atoms with Gasteiger partial charge in [0.25, 0.3) is 0 Å². The van der Waals surface area contributed by atoms with E-state index in [4.69, 9.17) is 9.15 Å². The summed E-state index contributed by atoms with van der Waals surface area (Å²) in [6.07, 6.45) is 1.73. The average Bonchev–Trinajstić information content (AvgIpc) is 2.88. The lowest BCUT2D eigenvalue weighted by Crippen LogP contribution is -2.19. The summed E-state index contributed by atoms with van der Waals surface area (Å²) < 4.78 is 12.4. The summed E-state index contributed by atoms with van der Waals surface area (Å²) >= 11 is 3.43. The van der Waals surface area contributed by atoms with Gasteiger partial charge in [0.15, 0.2) is 0 Å². The van der Waals surface area contributed by atoms with Crippen LogP contribution in [0.1, 0.15) is 30.7 Å². The first-order valence-corrected chi connectivity index (χ1v) is 8.02. The predicted octanol–water partition coefficient (Wildman–Crippen LogP) is 4.50. The van der Waals surface area contributed by atoms with Gasteiger partial charge in [-0.2, -0.15) is 0 Å². The molecule has 2 rings (SSSR count). The predicted molar refractivity (Wildman–Crippen MR) is 87.9 cm³/mol. The maximum absolute atomic E-state index is 5.77. The van der Waals surface area contributed by atoms with Crippen LogP contribution in [0.15, 0.2) is 45.5 Å². The van der Waals surface area contributed by atoms with Gasteiger partial charge in [-0.1, -0.05) is 41.9 Å². The molecule has 0 saturated heterocycles. The number of benzene rings is 1. The van der Waals surface area contributed by atoms with Crippen molar-refractivity contribution in [2.45, 2.75) is 33.6 Å². The van der Waals surface area contributed by atoms with Crippen LogP contribution in [0.5, 0.6) is 0 Å². The van der Waals surface area contributed by atoms with Gasteiger partial charge in [0.05, 0.1) is 26.0 Å². The Morgan fingerprint density at radius 1 is 1.14 bits per heavy atom. The molecule has 1 aromatic carbocycles. The van der Waals surface area contributed by atoms with E-state index in [1.165, 1.54) is 5.56 Å². The summed E-state index contributed by atoms with van der Waals surface area (Å²) in [6.45, 7) is 7.30. The van der Waals surface area contributed by atoms with Gasteiger partial charge in [0.1, 0.15) is 5.76 Å². The van der Waals surface area contributed by atoms with E-state index in [-0.39, 0.29) is 0 Å². The lowest BCUT2D eigenvalue weighted by atomic mass is 10.2. The lowest BCUT2D eigenvalue weighted by Gasteiger charge is -2.08. The topological polar surface area (TPSA) is 34.4 Å². The minimum atomic E-state index is 0.575. The van der Waals surface area contributed by atoms with Gasteiger partial charge in [-0.15, -0.1) is 0 Å². The van der Waals surface area contributed by atoms with Gasteiger partial charge in [-0.25, -0.2) is 0 Å². The van der Waals surface area contributed by atoms with Gasteiger partial charge in [0, 0.05) is 10.0 Å². The molecular formula is C17H22BrNO2.